The fourth-order valence-corrected chi connectivity index (χ4v) is 5.29. The van der Waals surface area contributed by atoms with Crippen molar-refractivity contribution in [1.29, 1.82) is 0 Å². The highest BCUT2D eigenvalue weighted by atomic mass is 16.5. The van der Waals surface area contributed by atoms with Gasteiger partial charge in [-0.3, -0.25) is 4.79 Å². The number of nitrogens with one attached hydrogen (secondary N) is 1. The molecule has 5 heteroatoms. The van der Waals surface area contributed by atoms with Crippen molar-refractivity contribution < 1.29 is 9.32 Å². The molecule has 1 aromatic carbocycles. The van der Waals surface area contributed by atoms with E-state index in [0.29, 0.717) is 22.4 Å². The van der Waals surface area contributed by atoms with Gasteiger partial charge in [0.25, 0.3) is 5.91 Å². The molecule has 1 N–H and O–H groups in total. The van der Waals surface area contributed by atoms with E-state index in [-0.39, 0.29) is 11.9 Å². The van der Waals surface area contributed by atoms with Gasteiger partial charge >= 0.3 is 0 Å². The van der Waals surface area contributed by atoms with Gasteiger partial charge in [0.1, 0.15) is 11.3 Å². The number of nitrogens with zero attached hydrogens (tertiary/aromatic N) is 2. The molecule has 0 unspecified atom stereocenters. The van der Waals surface area contributed by atoms with E-state index in [1.807, 2.05) is 6.92 Å². The molecule has 4 rings (SSSR count). The molecule has 5 nitrogen and oxygen atoms in total. The van der Waals surface area contributed by atoms with Gasteiger partial charge in [0.2, 0.25) is 0 Å². The van der Waals surface area contributed by atoms with E-state index >= 15 is 0 Å². The van der Waals surface area contributed by atoms with Crippen molar-refractivity contribution in [1.82, 2.24) is 15.4 Å². The first-order valence-corrected chi connectivity index (χ1v) is 11.1. The third kappa shape index (κ3) is 4.40. The van der Waals surface area contributed by atoms with E-state index in [1.165, 1.54) is 37.7 Å². The lowest BCUT2D eigenvalue weighted by atomic mass is 9.69. The maximum atomic E-state index is 12.6. The molecule has 156 valence electrons. The number of carbonyl (C=O) groups is 1. The Kier molecular flexibility index (Phi) is 6.04. The van der Waals surface area contributed by atoms with Gasteiger partial charge in [-0.05, 0) is 45.1 Å². The smallest absolute Gasteiger partial charge is 0.257 e. The van der Waals surface area contributed by atoms with E-state index in [9.17, 15) is 4.79 Å². The van der Waals surface area contributed by atoms with Crippen LogP contribution in [0.15, 0.2) is 34.9 Å². The summed E-state index contributed by atoms with van der Waals surface area (Å²) < 4.78 is 5.14. The first-order chi connectivity index (χ1) is 14.1. The molecule has 1 saturated carbocycles. The monoisotopic (exact) mass is 395 g/mol. The molecular weight excluding hydrogens is 362 g/mol. The van der Waals surface area contributed by atoms with Crippen LogP contribution in [-0.2, 0) is 5.41 Å². The number of aryl methyl sites for hydroxylation is 2. The van der Waals surface area contributed by atoms with E-state index in [0.717, 1.165) is 32.5 Å². The molecule has 0 radical (unpaired) electrons. The van der Waals surface area contributed by atoms with Crippen molar-refractivity contribution in [3.63, 3.8) is 0 Å². The minimum atomic E-state index is -0.0484. The van der Waals surface area contributed by atoms with Crippen molar-refractivity contribution in [2.24, 2.45) is 0 Å². The Balaban J connectivity index is 1.36. The van der Waals surface area contributed by atoms with Gasteiger partial charge in [-0.15, -0.1) is 0 Å². The Morgan fingerprint density at radius 2 is 1.83 bits per heavy atom. The summed E-state index contributed by atoms with van der Waals surface area (Å²) in [4.78, 5) is 15.2. The Bertz CT molecular complexity index is 796. The van der Waals surface area contributed by atoms with Crippen molar-refractivity contribution >= 4 is 5.91 Å². The normalized spacial score (nSPS) is 20.5. The molecule has 1 aromatic heterocycles. The van der Waals surface area contributed by atoms with Crippen molar-refractivity contribution in [3.8, 4) is 0 Å². The van der Waals surface area contributed by atoms with Crippen LogP contribution in [-0.4, -0.2) is 41.6 Å². The van der Waals surface area contributed by atoms with Crippen LogP contribution < -0.4 is 5.32 Å². The molecule has 2 aliphatic rings. The predicted octanol–water partition coefficient (Wildman–Crippen LogP) is 4.39. The second-order valence-electron chi connectivity index (χ2n) is 8.93. The Hall–Kier alpha value is -2.14. The van der Waals surface area contributed by atoms with Gasteiger partial charge in [0.15, 0.2) is 0 Å². The van der Waals surface area contributed by atoms with Gasteiger partial charge in [-0.1, -0.05) is 54.8 Å². The molecule has 0 bridgehead atoms. The maximum absolute atomic E-state index is 12.6. The Morgan fingerprint density at radius 1 is 1.14 bits per heavy atom. The lowest BCUT2D eigenvalue weighted by Crippen LogP contribution is -2.49. The predicted molar refractivity (Wildman–Crippen MR) is 114 cm³/mol. The second kappa shape index (κ2) is 8.70. The molecule has 2 heterocycles. The summed E-state index contributed by atoms with van der Waals surface area (Å²) in [6.45, 7) is 6.84. The highest BCUT2D eigenvalue weighted by molar-refractivity contribution is 5.96. The van der Waals surface area contributed by atoms with Crippen LogP contribution in [0.3, 0.4) is 0 Å². The van der Waals surface area contributed by atoms with Crippen LogP contribution in [0.5, 0.6) is 0 Å². The quantitative estimate of drug-likeness (QED) is 0.816. The first-order valence-electron chi connectivity index (χ1n) is 11.1. The minimum absolute atomic E-state index is 0.0484. The number of likely N-dealkylation sites (tertiary alicyclic amines) is 1. The third-order valence-electron chi connectivity index (χ3n) is 6.91. The van der Waals surface area contributed by atoms with Gasteiger partial charge in [-0.25, -0.2) is 0 Å². The van der Waals surface area contributed by atoms with Crippen LogP contribution >= 0.6 is 0 Å². The Labute approximate surface area is 173 Å². The van der Waals surface area contributed by atoms with Gasteiger partial charge < -0.3 is 14.7 Å². The lowest BCUT2D eigenvalue weighted by molar-refractivity contribution is 0.0889. The molecule has 1 saturated heterocycles. The maximum Gasteiger partial charge on any atom is 0.257 e. The van der Waals surface area contributed by atoms with Gasteiger partial charge in [-0.2, -0.15) is 0 Å². The van der Waals surface area contributed by atoms with Crippen molar-refractivity contribution in [3.05, 3.63) is 52.9 Å². The number of carbonyl (C=O) groups excluding carboxylic acids is 1. The largest absolute Gasteiger partial charge is 0.361 e. The van der Waals surface area contributed by atoms with E-state index in [2.05, 4.69) is 45.7 Å². The average molecular weight is 396 g/mol. The molecule has 1 aliphatic carbocycles. The molecule has 2 aromatic rings. The summed E-state index contributed by atoms with van der Waals surface area (Å²) in [5.41, 5.74) is 3.07. The number of aromatic nitrogens is 1. The lowest BCUT2D eigenvalue weighted by Gasteiger charge is -2.43. The Morgan fingerprint density at radius 3 is 2.45 bits per heavy atom. The average Bonchev–Trinajstić information content (AvgIpc) is 3.09. The minimum Gasteiger partial charge on any atom is -0.361 e. The molecule has 2 fully saturated rings. The van der Waals surface area contributed by atoms with Gasteiger partial charge in [0.05, 0.1) is 5.69 Å². The summed E-state index contributed by atoms with van der Waals surface area (Å²) in [6.07, 6.45) is 8.61. The zero-order valence-corrected chi connectivity index (χ0v) is 17.7. The van der Waals surface area contributed by atoms with Crippen LogP contribution in [0.4, 0.5) is 0 Å². The van der Waals surface area contributed by atoms with E-state index < -0.39 is 0 Å². The summed E-state index contributed by atoms with van der Waals surface area (Å²) >= 11 is 0. The SMILES string of the molecule is Cc1noc(C)c1C(=O)NC1CCN(CC2(c3ccccc3)CCCCC2)CC1. The number of hydrogen-bond acceptors (Lipinski definition) is 4. The summed E-state index contributed by atoms with van der Waals surface area (Å²) in [6, 6.07) is 11.4. The fraction of sp³-hybridized carbons (Fsp3) is 0.583. The van der Waals surface area contributed by atoms with Crippen molar-refractivity contribution in [2.75, 3.05) is 19.6 Å². The van der Waals surface area contributed by atoms with E-state index in [1.54, 1.807) is 6.92 Å². The fourth-order valence-electron chi connectivity index (χ4n) is 5.29. The van der Waals surface area contributed by atoms with Gasteiger partial charge in [0, 0.05) is 31.1 Å². The highest BCUT2D eigenvalue weighted by Crippen LogP contribution is 2.40. The third-order valence-corrected chi connectivity index (χ3v) is 6.91. The zero-order valence-electron chi connectivity index (χ0n) is 17.7. The number of benzene rings is 1. The second-order valence-corrected chi connectivity index (χ2v) is 8.93. The zero-order chi connectivity index (χ0) is 20.3. The van der Waals surface area contributed by atoms with Crippen LogP contribution in [0.25, 0.3) is 0 Å². The first kappa shape index (κ1) is 20.1. The number of piperidine rings is 1. The van der Waals surface area contributed by atoms with E-state index in [4.69, 9.17) is 4.52 Å². The standard InChI is InChI=1S/C24H33N3O2/c1-18-22(19(2)29-26-18)23(28)25-21-11-15-27(16-12-21)17-24(13-7-4-8-14-24)20-9-5-3-6-10-20/h3,5-6,9-10,21H,4,7-8,11-17H2,1-2H3,(H,25,28). The topological polar surface area (TPSA) is 58.4 Å². The summed E-state index contributed by atoms with van der Waals surface area (Å²) in [5, 5.41) is 7.10. The molecule has 0 atom stereocenters. The molecule has 0 spiro atoms. The van der Waals surface area contributed by atoms with Crippen LogP contribution in [0, 0.1) is 13.8 Å². The van der Waals surface area contributed by atoms with Crippen LogP contribution in [0.1, 0.15) is 72.3 Å². The molecular formula is C24H33N3O2. The highest BCUT2D eigenvalue weighted by Gasteiger charge is 2.36. The van der Waals surface area contributed by atoms with Crippen molar-refractivity contribution in [2.45, 2.75) is 70.3 Å². The summed E-state index contributed by atoms with van der Waals surface area (Å²) in [7, 11) is 0. The van der Waals surface area contributed by atoms with Crippen LogP contribution in [0.2, 0.25) is 0 Å². The number of amides is 1. The summed E-state index contributed by atoms with van der Waals surface area (Å²) in [5.74, 6) is 0.548. The number of rotatable bonds is 5. The molecule has 29 heavy (non-hydrogen) atoms. The molecule has 1 aliphatic heterocycles. The molecule has 1 amide bonds. The number of hydrogen-bond donors (Lipinski definition) is 1.